The van der Waals surface area contributed by atoms with Gasteiger partial charge in [-0.25, -0.2) is 4.79 Å². The number of nitrogens with one attached hydrogen (secondary N) is 1. The van der Waals surface area contributed by atoms with Gasteiger partial charge in [0, 0.05) is 23.5 Å². The fraction of sp³-hybridized carbons (Fsp3) is 0.0952. The molecule has 0 atom stereocenters. The Balaban J connectivity index is 1.62. The van der Waals surface area contributed by atoms with Gasteiger partial charge in [0.1, 0.15) is 11.3 Å². The maximum atomic E-state index is 12.8. The molecule has 146 valence electrons. The van der Waals surface area contributed by atoms with Crippen molar-refractivity contribution >= 4 is 35.5 Å². The van der Waals surface area contributed by atoms with E-state index in [-0.39, 0.29) is 12.1 Å². The van der Waals surface area contributed by atoms with Gasteiger partial charge in [0.25, 0.3) is 11.8 Å². The first-order valence-electron chi connectivity index (χ1n) is 8.83. The number of nitrogens with zero attached hydrogens (tertiary/aromatic N) is 2. The minimum Gasteiger partial charge on any atom is -0.467 e. The molecule has 7 nitrogen and oxygen atoms in total. The summed E-state index contributed by atoms with van der Waals surface area (Å²) in [5.74, 6) is -0.980. The number of aromatic nitrogens is 1. The number of barbiturate groups is 1. The van der Waals surface area contributed by atoms with Gasteiger partial charge in [0.05, 0.1) is 12.8 Å². The molecule has 0 unspecified atom stereocenters. The van der Waals surface area contributed by atoms with Crippen molar-refractivity contribution in [2.45, 2.75) is 13.1 Å². The minimum atomic E-state index is -0.778. The normalized spacial score (nSPS) is 15.8. The highest BCUT2D eigenvalue weighted by molar-refractivity contribution is 6.31. The first kappa shape index (κ1) is 18.8. The maximum Gasteiger partial charge on any atom is 0.331 e. The second-order valence-corrected chi connectivity index (χ2v) is 6.85. The fourth-order valence-corrected chi connectivity index (χ4v) is 3.25. The summed E-state index contributed by atoms with van der Waals surface area (Å²) >= 11 is 6.23. The van der Waals surface area contributed by atoms with E-state index in [0.29, 0.717) is 23.0 Å². The summed E-state index contributed by atoms with van der Waals surface area (Å²) in [5.41, 5.74) is 1.41. The zero-order valence-electron chi connectivity index (χ0n) is 15.2. The van der Waals surface area contributed by atoms with E-state index in [0.717, 1.165) is 10.5 Å². The summed E-state index contributed by atoms with van der Waals surface area (Å²) in [6, 6.07) is 13.5. The van der Waals surface area contributed by atoms with E-state index < -0.39 is 17.8 Å². The maximum absolute atomic E-state index is 12.8. The Bertz CT molecular complexity index is 1110. The molecule has 0 spiro atoms. The molecule has 2 aromatic heterocycles. The van der Waals surface area contributed by atoms with Crippen molar-refractivity contribution in [1.82, 2.24) is 14.8 Å². The molecule has 8 heteroatoms. The van der Waals surface area contributed by atoms with Gasteiger partial charge in [-0.15, -0.1) is 0 Å². The van der Waals surface area contributed by atoms with Gasteiger partial charge in [-0.2, -0.15) is 0 Å². The molecule has 4 rings (SSSR count). The van der Waals surface area contributed by atoms with E-state index >= 15 is 0 Å². The number of urea groups is 1. The molecular weight excluding hydrogens is 394 g/mol. The monoisotopic (exact) mass is 409 g/mol. The van der Waals surface area contributed by atoms with Crippen molar-refractivity contribution in [3.05, 3.63) is 88.6 Å². The summed E-state index contributed by atoms with van der Waals surface area (Å²) in [6.45, 7) is 0.402. The van der Waals surface area contributed by atoms with E-state index in [2.05, 4.69) is 5.32 Å². The number of rotatable bonds is 5. The largest absolute Gasteiger partial charge is 0.467 e. The third-order valence-electron chi connectivity index (χ3n) is 4.54. The minimum absolute atomic E-state index is 0.0665. The molecule has 3 heterocycles. The summed E-state index contributed by atoms with van der Waals surface area (Å²) in [7, 11) is 0. The molecule has 4 amide bonds. The van der Waals surface area contributed by atoms with E-state index in [1.807, 2.05) is 29.0 Å². The molecule has 1 aliphatic heterocycles. The van der Waals surface area contributed by atoms with Crippen LogP contribution in [0.25, 0.3) is 6.08 Å². The summed E-state index contributed by atoms with van der Waals surface area (Å²) in [4.78, 5) is 38.2. The Hall–Kier alpha value is -3.58. The highest BCUT2D eigenvalue weighted by Gasteiger charge is 2.36. The van der Waals surface area contributed by atoms with Crippen LogP contribution in [0.3, 0.4) is 0 Å². The van der Waals surface area contributed by atoms with Gasteiger partial charge in [-0.3, -0.25) is 19.8 Å². The van der Waals surface area contributed by atoms with Crippen LogP contribution in [0, 0.1) is 0 Å². The van der Waals surface area contributed by atoms with Crippen molar-refractivity contribution in [3.63, 3.8) is 0 Å². The van der Waals surface area contributed by atoms with Crippen molar-refractivity contribution in [2.24, 2.45) is 0 Å². The first-order valence-corrected chi connectivity index (χ1v) is 9.20. The lowest BCUT2D eigenvalue weighted by Crippen LogP contribution is -2.53. The van der Waals surface area contributed by atoms with Crippen LogP contribution in [0.2, 0.25) is 5.02 Å². The van der Waals surface area contributed by atoms with E-state index in [9.17, 15) is 14.4 Å². The SMILES string of the molecule is O=C1NC(=O)N(Cc2ccco2)C(=O)C1=Cc1cccn1Cc1ccccc1Cl. The van der Waals surface area contributed by atoms with Crippen molar-refractivity contribution in [3.8, 4) is 0 Å². The van der Waals surface area contributed by atoms with E-state index in [1.165, 1.54) is 12.3 Å². The van der Waals surface area contributed by atoms with Crippen LogP contribution in [0.15, 0.2) is 71.0 Å². The van der Waals surface area contributed by atoms with Crippen LogP contribution in [0.5, 0.6) is 0 Å². The summed E-state index contributed by atoms with van der Waals surface area (Å²) in [6.07, 6.45) is 4.74. The highest BCUT2D eigenvalue weighted by atomic mass is 35.5. The average molecular weight is 410 g/mol. The number of benzene rings is 1. The third-order valence-corrected chi connectivity index (χ3v) is 4.90. The molecular formula is C21H16ClN3O4. The third kappa shape index (κ3) is 3.86. The highest BCUT2D eigenvalue weighted by Crippen LogP contribution is 2.20. The molecule has 0 aliphatic carbocycles. The van der Waals surface area contributed by atoms with Crippen LogP contribution in [-0.2, 0) is 22.7 Å². The number of hydrogen-bond donors (Lipinski definition) is 1. The zero-order chi connectivity index (χ0) is 20.4. The molecule has 29 heavy (non-hydrogen) atoms. The van der Waals surface area contributed by atoms with Gasteiger partial charge in [-0.1, -0.05) is 29.8 Å². The molecule has 1 N–H and O–H groups in total. The molecule has 0 bridgehead atoms. The number of hydrogen-bond acceptors (Lipinski definition) is 4. The fourth-order valence-electron chi connectivity index (χ4n) is 3.06. The number of furan rings is 1. The molecule has 1 fully saturated rings. The number of halogens is 1. The Labute approximate surface area is 171 Å². The van der Waals surface area contributed by atoms with E-state index in [4.69, 9.17) is 16.0 Å². The lowest BCUT2D eigenvalue weighted by Gasteiger charge is -2.25. The second-order valence-electron chi connectivity index (χ2n) is 6.44. The smallest absolute Gasteiger partial charge is 0.331 e. The predicted molar refractivity (Wildman–Crippen MR) is 106 cm³/mol. The van der Waals surface area contributed by atoms with Gasteiger partial charge in [0.2, 0.25) is 0 Å². The molecule has 0 radical (unpaired) electrons. The molecule has 1 aromatic carbocycles. The van der Waals surface area contributed by atoms with Crippen LogP contribution in [0.4, 0.5) is 4.79 Å². The van der Waals surface area contributed by atoms with Crippen molar-refractivity contribution in [1.29, 1.82) is 0 Å². The van der Waals surface area contributed by atoms with Crippen LogP contribution >= 0.6 is 11.6 Å². The molecule has 0 saturated carbocycles. The van der Waals surface area contributed by atoms with Crippen LogP contribution in [-0.4, -0.2) is 27.3 Å². The average Bonchev–Trinajstić information content (AvgIpc) is 3.36. The van der Waals surface area contributed by atoms with Crippen LogP contribution in [0.1, 0.15) is 17.0 Å². The number of carbonyl (C=O) groups is 3. The Kier molecular flexibility index (Phi) is 5.05. The Morgan fingerprint density at radius 3 is 2.59 bits per heavy atom. The number of imide groups is 2. The quantitative estimate of drug-likeness (QED) is 0.516. The lowest BCUT2D eigenvalue weighted by molar-refractivity contribution is -0.130. The number of amides is 4. The predicted octanol–water partition coefficient (Wildman–Crippen LogP) is 3.44. The van der Waals surface area contributed by atoms with E-state index in [1.54, 1.807) is 30.3 Å². The van der Waals surface area contributed by atoms with Gasteiger partial charge < -0.3 is 8.98 Å². The number of carbonyl (C=O) groups excluding carboxylic acids is 3. The van der Waals surface area contributed by atoms with Crippen LogP contribution < -0.4 is 5.32 Å². The van der Waals surface area contributed by atoms with Crippen molar-refractivity contribution in [2.75, 3.05) is 0 Å². The summed E-state index contributed by atoms with van der Waals surface area (Å²) < 4.78 is 7.07. The first-order chi connectivity index (χ1) is 14.0. The summed E-state index contributed by atoms with van der Waals surface area (Å²) in [5, 5.41) is 2.83. The topological polar surface area (TPSA) is 84.6 Å². The molecule has 1 saturated heterocycles. The Morgan fingerprint density at radius 2 is 1.83 bits per heavy atom. The standard InChI is InChI=1S/C21H16ClN3O4/c22-18-8-2-1-5-14(18)12-24-9-3-6-15(24)11-17-19(26)23-21(28)25(20(17)27)13-16-7-4-10-29-16/h1-11H,12-13H2,(H,23,26,28). The Morgan fingerprint density at radius 1 is 1.00 bits per heavy atom. The molecule has 3 aromatic rings. The lowest BCUT2D eigenvalue weighted by atomic mass is 10.1. The van der Waals surface area contributed by atoms with Gasteiger partial charge in [0.15, 0.2) is 0 Å². The second kappa shape index (κ2) is 7.81. The van der Waals surface area contributed by atoms with Crippen molar-refractivity contribution < 1.29 is 18.8 Å². The van der Waals surface area contributed by atoms with Gasteiger partial charge >= 0.3 is 6.03 Å². The van der Waals surface area contributed by atoms with Gasteiger partial charge in [-0.05, 0) is 42.0 Å². The zero-order valence-corrected chi connectivity index (χ0v) is 15.9. The molecule has 1 aliphatic rings.